The fourth-order valence-corrected chi connectivity index (χ4v) is 2.33. The van der Waals surface area contributed by atoms with E-state index in [0.29, 0.717) is 30.3 Å². The fraction of sp³-hybridized carbons (Fsp3) is 0.250. The van der Waals surface area contributed by atoms with E-state index in [4.69, 9.17) is 15.2 Å². The Bertz CT molecular complexity index is 661. The summed E-state index contributed by atoms with van der Waals surface area (Å²) in [5, 5.41) is 0. The van der Waals surface area contributed by atoms with E-state index in [1.54, 1.807) is 12.1 Å². The number of halogens is 2. The van der Waals surface area contributed by atoms with Crippen molar-refractivity contribution in [2.24, 2.45) is 5.73 Å². The largest absolute Gasteiger partial charge is 0.486 e. The lowest BCUT2D eigenvalue weighted by molar-refractivity contribution is 0.171. The Kier molecular flexibility index (Phi) is 3.75. The van der Waals surface area contributed by atoms with Crippen LogP contribution in [-0.4, -0.2) is 13.2 Å². The lowest BCUT2D eigenvalue weighted by atomic mass is 9.99. The molecule has 0 amide bonds. The minimum Gasteiger partial charge on any atom is -0.486 e. The van der Waals surface area contributed by atoms with Crippen LogP contribution in [0, 0.1) is 11.6 Å². The lowest BCUT2D eigenvalue weighted by Crippen LogP contribution is -2.18. The molecule has 1 heterocycles. The minimum atomic E-state index is -0.593. The van der Waals surface area contributed by atoms with E-state index in [1.165, 1.54) is 12.1 Å². The molecule has 3 nitrogen and oxygen atoms in total. The van der Waals surface area contributed by atoms with Gasteiger partial charge in [0.25, 0.3) is 0 Å². The molecule has 21 heavy (non-hydrogen) atoms. The summed E-state index contributed by atoms with van der Waals surface area (Å²) >= 11 is 0. The molecule has 0 aliphatic carbocycles. The molecule has 1 atom stereocenters. The molecule has 1 unspecified atom stereocenters. The number of benzene rings is 2. The SMILES string of the molecule is NC(Cc1ccc(F)cc1F)c1ccc2c(c1)OCCO2. The van der Waals surface area contributed by atoms with Crippen molar-refractivity contribution in [1.29, 1.82) is 0 Å². The Balaban J connectivity index is 1.80. The van der Waals surface area contributed by atoms with Crippen molar-refractivity contribution in [3.8, 4) is 11.5 Å². The predicted octanol–water partition coefficient (Wildman–Crippen LogP) is 2.98. The fourth-order valence-electron chi connectivity index (χ4n) is 2.33. The highest BCUT2D eigenvalue weighted by molar-refractivity contribution is 5.45. The molecular formula is C16H15F2NO2. The first-order chi connectivity index (χ1) is 10.1. The maximum absolute atomic E-state index is 13.7. The monoisotopic (exact) mass is 291 g/mol. The first-order valence-corrected chi connectivity index (χ1v) is 6.72. The number of hydrogen-bond donors (Lipinski definition) is 1. The first kappa shape index (κ1) is 13.8. The van der Waals surface area contributed by atoms with Gasteiger partial charge in [-0.2, -0.15) is 0 Å². The molecule has 0 radical (unpaired) electrons. The van der Waals surface area contributed by atoms with Crippen LogP contribution in [0.5, 0.6) is 11.5 Å². The number of hydrogen-bond acceptors (Lipinski definition) is 3. The zero-order valence-electron chi connectivity index (χ0n) is 11.3. The quantitative estimate of drug-likeness (QED) is 0.945. The van der Waals surface area contributed by atoms with Gasteiger partial charge >= 0.3 is 0 Å². The van der Waals surface area contributed by atoms with Gasteiger partial charge in [-0.25, -0.2) is 8.78 Å². The zero-order chi connectivity index (χ0) is 14.8. The van der Waals surface area contributed by atoms with E-state index in [0.717, 1.165) is 11.6 Å². The second kappa shape index (κ2) is 5.69. The molecule has 0 spiro atoms. The second-order valence-electron chi connectivity index (χ2n) is 4.95. The van der Waals surface area contributed by atoms with Crippen LogP contribution >= 0.6 is 0 Å². The number of fused-ring (bicyclic) bond motifs is 1. The molecule has 3 rings (SSSR count). The number of ether oxygens (including phenoxy) is 2. The van der Waals surface area contributed by atoms with Gasteiger partial charge in [0, 0.05) is 12.1 Å². The van der Waals surface area contributed by atoms with Crippen LogP contribution in [0.4, 0.5) is 8.78 Å². The highest BCUT2D eigenvalue weighted by Crippen LogP contribution is 2.33. The molecule has 2 aromatic rings. The van der Waals surface area contributed by atoms with Gasteiger partial charge in [0.2, 0.25) is 0 Å². The van der Waals surface area contributed by atoms with Gasteiger partial charge in [-0.1, -0.05) is 12.1 Å². The van der Waals surface area contributed by atoms with Crippen molar-refractivity contribution in [3.05, 3.63) is 59.2 Å². The highest BCUT2D eigenvalue weighted by atomic mass is 19.1. The van der Waals surface area contributed by atoms with Gasteiger partial charge in [0.1, 0.15) is 24.8 Å². The number of rotatable bonds is 3. The van der Waals surface area contributed by atoms with Gasteiger partial charge in [-0.3, -0.25) is 0 Å². The Morgan fingerprint density at radius 1 is 1.00 bits per heavy atom. The highest BCUT2D eigenvalue weighted by Gasteiger charge is 2.16. The van der Waals surface area contributed by atoms with Gasteiger partial charge < -0.3 is 15.2 Å². The Morgan fingerprint density at radius 2 is 1.76 bits per heavy atom. The molecule has 0 saturated carbocycles. The summed E-state index contributed by atoms with van der Waals surface area (Å²) in [5.41, 5.74) is 7.32. The molecular weight excluding hydrogens is 276 g/mol. The average molecular weight is 291 g/mol. The smallest absolute Gasteiger partial charge is 0.161 e. The molecule has 0 saturated heterocycles. The summed E-state index contributed by atoms with van der Waals surface area (Å²) in [4.78, 5) is 0. The summed E-state index contributed by atoms with van der Waals surface area (Å²) in [6, 6.07) is 8.55. The topological polar surface area (TPSA) is 44.5 Å². The molecule has 1 aliphatic rings. The summed E-state index contributed by atoms with van der Waals surface area (Å²) < 4.78 is 37.5. The molecule has 0 bridgehead atoms. The third kappa shape index (κ3) is 2.97. The third-order valence-electron chi connectivity index (χ3n) is 3.45. The van der Waals surface area contributed by atoms with E-state index in [9.17, 15) is 8.78 Å². The van der Waals surface area contributed by atoms with Crippen molar-refractivity contribution in [3.63, 3.8) is 0 Å². The number of nitrogens with two attached hydrogens (primary N) is 1. The van der Waals surface area contributed by atoms with Crippen molar-refractivity contribution in [2.75, 3.05) is 13.2 Å². The van der Waals surface area contributed by atoms with Crippen molar-refractivity contribution in [1.82, 2.24) is 0 Å². The molecule has 0 fully saturated rings. The van der Waals surface area contributed by atoms with Gasteiger partial charge in [0.05, 0.1) is 0 Å². The van der Waals surface area contributed by atoms with Crippen LogP contribution in [0.25, 0.3) is 0 Å². The van der Waals surface area contributed by atoms with Gasteiger partial charge in [-0.15, -0.1) is 0 Å². The zero-order valence-corrected chi connectivity index (χ0v) is 11.3. The van der Waals surface area contributed by atoms with Crippen LogP contribution in [0.3, 0.4) is 0 Å². The van der Waals surface area contributed by atoms with E-state index in [1.807, 2.05) is 6.07 Å². The van der Waals surface area contributed by atoms with Crippen molar-refractivity contribution >= 4 is 0 Å². The van der Waals surface area contributed by atoms with Gasteiger partial charge in [0.15, 0.2) is 11.5 Å². The molecule has 1 aliphatic heterocycles. The summed E-state index contributed by atoms with van der Waals surface area (Å²) in [6.07, 6.45) is 0.283. The Morgan fingerprint density at radius 3 is 2.52 bits per heavy atom. The predicted molar refractivity (Wildman–Crippen MR) is 74.4 cm³/mol. The summed E-state index contributed by atoms with van der Waals surface area (Å²) in [7, 11) is 0. The maximum Gasteiger partial charge on any atom is 0.161 e. The van der Waals surface area contributed by atoms with E-state index < -0.39 is 17.7 Å². The van der Waals surface area contributed by atoms with E-state index in [2.05, 4.69) is 0 Å². The molecule has 2 N–H and O–H groups in total. The van der Waals surface area contributed by atoms with Crippen LogP contribution in [0.15, 0.2) is 36.4 Å². The molecule has 110 valence electrons. The maximum atomic E-state index is 13.7. The molecule has 0 aromatic heterocycles. The third-order valence-corrected chi connectivity index (χ3v) is 3.45. The molecule has 5 heteroatoms. The first-order valence-electron chi connectivity index (χ1n) is 6.72. The van der Waals surface area contributed by atoms with Crippen molar-refractivity contribution in [2.45, 2.75) is 12.5 Å². The standard InChI is InChI=1S/C16H15F2NO2/c17-12-3-1-10(13(18)9-12)7-14(19)11-2-4-15-16(8-11)21-6-5-20-15/h1-4,8-9,14H,5-7,19H2. The van der Waals surface area contributed by atoms with Crippen LogP contribution in [-0.2, 0) is 6.42 Å². The summed E-state index contributed by atoms with van der Waals surface area (Å²) in [5.74, 6) is 0.158. The molecule has 2 aromatic carbocycles. The average Bonchev–Trinajstić information content (AvgIpc) is 2.49. The van der Waals surface area contributed by atoms with Gasteiger partial charge in [-0.05, 0) is 35.7 Å². The van der Waals surface area contributed by atoms with Crippen LogP contribution in [0.1, 0.15) is 17.2 Å². The second-order valence-corrected chi connectivity index (χ2v) is 4.95. The van der Waals surface area contributed by atoms with Crippen LogP contribution < -0.4 is 15.2 Å². The summed E-state index contributed by atoms with van der Waals surface area (Å²) in [6.45, 7) is 1.03. The van der Waals surface area contributed by atoms with E-state index in [-0.39, 0.29) is 6.42 Å². The van der Waals surface area contributed by atoms with Crippen LogP contribution in [0.2, 0.25) is 0 Å². The lowest BCUT2D eigenvalue weighted by Gasteiger charge is -2.20. The Labute approximate surface area is 121 Å². The normalized spacial score (nSPS) is 14.8. The Hall–Kier alpha value is -2.14. The van der Waals surface area contributed by atoms with Crippen molar-refractivity contribution < 1.29 is 18.3 Å². The van der Waals surface area contributed by atoms with E-state index >= 15 is 0 Å². The minimum absolute atomic E-state index is 0.283.